The van der Waals surface area contributed by atoms with Gasteiger partial charge in [0, 0.05) is 19.0 Å². The van der Waals surface area contributed by atoms with E-state index >= 15 is 0 Å². The summed E-state index contributed by atoms with van der Waals surface area (Å²) in [6.45, 7) is 4.19. The third kappa shape index (κ3) is 8.51. The molecular weight excluding hydrogens is 477 g/mol. The smallest absolute Gasteiger partial charge is 1.00 e. The molecule has 0 saturated heterocycles. The number of imidazole rings is 1. The number of carbonyl (C=O) groups is 2. The molecule has 2 rings (SSSR count). The van der Waals surface area contributed by atoms with Gasteiger partial charge >= 0.3 is 35.5 Å². The Morgan fingerprint density at radius 1 is 1.26 bits per heavy atom. The first-order valence-electron chi connectivity index (χ1n) is 9.55. The van der Waals surface area contributed by atoms with Crippen molar-refractivity contribution < 1.29 is 55.9 Å². The van der Waals surface area contributed by atoms with Crippen LogP contribution in [0.1, 0.15) is 56.0 Å². The quantitative estimate of drug-likeness (QED) is 0.335. The van der Waals surface area contributed by atoms with Crippen LogP contribution in [0.2, 0.25) is 0 Å². The molecule has 0 aliphatic rings. The Kier molecular flexibility index (Phi) is 11.7. The Balaban J connectivity index is 0.00000480. The van der Waals surface area contributed by atoms with E-state index in [0.717, 1.165) is 5.56 Å². The number of nitrogens with zero attached hydrogens (tertiary/aromatic N) is 2. The molecule has 0 fully saturated rings. The Morgan fingerprint density at radius 3 is 2.48 bits per heavy atom. The summed E-state index contributed by atoms with van der Waals surface area (Å²) in [7, 11) is 0. The number of benzene rings is 1. The van der Waals surface area contributed by atoms with Gasteiger partial charge in [0.05, 0.1) is 24.3 Å². The second-order valence-corrected chi connectivity index (χ2v) is 7.91. The van der Waals surface area contributed by atoms with Gasteiger partial charge in [0.2, 0.25) is 5.82 Å². The van der Waals surface area contributed by atoms with Crippen molar-refractivity contribution in [3.63, 3.8) is 0 Å². The Labute approximate surface area is 213 Å². The average Bonchev–Trinajstić information content (AvgIpc) is 3.01. The molecular formula is C21H27BrN3NaO5. The topological polar surface area (TPSA) is 125 Å². The molecule has 31 heavy (non-hydrogen) atoms. The molecule has 10 heteroatoms. The first-order valence-corrected chi connectivity index (χ1v) is 10.3. The Morgan fingerprint density at radius 2 is 1.90 bits per heavy atom. The van der Waals surface area contributed by atoms with Crippen LogP contribution in [0, 0.1) is 0 Å². The van der Waals surface area contributed by atoms with Crippen LogP contribution in [-0.2, 0) is 11.3 Å². The van der Waals surface area contributed by atoms with Crippen molar-refractivity contribution in [1.82, 2.24) is 14.9 Å². The maximum Gasteiger partial charge on any atom is 1.00 e. The summed E-state index contributed by atoms with van der Waals surface area (Å²) in [5.41, 5.74) is 1.55. The molecule has 0 radical (unpaired) electrons. The number of nitrogens with one attached hydrogen (secondary N) is 1. The molecule has 0 saturated carbocycles. The van der Waals surface area contributed by atoms with E-state index in [2.05, 4.69) is 26.2 Å². The van der Waals surface area contributed by atoms with Gasteiger partial charge in [0.25, 0.3) is 5.91 Å². The second kappa shape index (κ2) is 13.1. The molecule has 4 N–H and O–H groups in total. The third-order valence-corrected chi connectivity index (χ3v) is 4.90. The summed E-state index contributed by atoms with van der Waals surface area (Å²) >= 11 is 3.36. The fraction of sp³-hybridized carbons (Fsp3) is 0.381. The minimum absolute atomic E-state index is 0. The minimum atomic E-state index is -1.15. The summed E-state index contributed by atoms with van der Waals surface area (Å²) in [6.07, 6.45) is 0.294. The number of carbonyl (C=O) groups excluding carboxylic acids is 1. The molecule has 0 spiro atoms. The number of hydrogen-bond acceptors (Lipinski definition) is 5. The summed E-state index contributed by atoms with van der Waals surface area (Å²) in [4.78, 5) is 27.7. The number of aliphatic hydroxyl groups excluding tert-OH is 2. The van der Waals surface area contributed by atoms with E-state index in [1.807, 2.05) is 44.2 Å². The van der Waals surface area contributed by atoms with Gasteiger partial charge in [-0.3, -0.25) is 9.59 Å². The van der Waals surface area contributed by atoms with E-state index in [-0.39, 0.29) is 55.2 Å². The van der Waals surface area contributed by atoms with Crippen molar-refractivity contribution in [2.24, 2.45) is 0 Å². The van der Waals surface area contributed by atoms with Crippen LogP contribution in [0.4, 0.5) is 0 Å². The molecule has 0 aliphatic carbocycles. The monoisotopic (exact) mass is 503 g/mol. The van der Waals surface area contributed by atoms with E-state index < -0.39 is 24.6 Å². The van der Waals surface area contributed by atoms with Gasteiger partial charge in [-0.1, -0.05) is 36.4 Å². The fourth-order valence-corrected chi connectivity index (χ4v) is 3.44. The number of aliphatic hydroxyl groups is 2. The van der Waals surface area contributed by atoms with Crippen LogP contribution >= 0.6 is 15.9 Å². The molecule has 8 nitrogen and oxygen atoms in total. The minimum Gasteiger partial charge on any atom is -1.00 e. The number of rotatable bonds is 10. The average molecular weight is 504 g/mol. The molecule has 2 atom stereocenters. The Hall–Kier alpha value is -1.49. The van der Waals surface area contributed by atoms with Gasteiger partial charge in [-0.05, 0) is 41.4 Å². The summed E-state index contributed by atoms with van der Waals surface area (Å²) < 4.78 is 2.18. The Bertz CT molecular complexity index is 908. The predicted octanol–water partition coefficient (Wildman–Crippen LogP) is -0.127. The van der Waals surface area contributed by atoms with E-state index in [0.29, 0.717) is 16.8 Å². The molecule has 0 unspecified atom stereocenters. The van der Waals surface area contributed by atoms with Gasteiger partial charge < -0.3 is 26.6 Å². The zero-order valence-corrected chi connectivity index (χ0v) is 21.4. The molecule has 1 aromatic carbocycles. The normalized spacial score (nSPS) is 13.1. The van der Waals surface area contributed by atoms with Crippen LogP contribution in [0.5, 0.6) is 0 Å². The summed E-state index contributed by atoms with van der Waals surface area (Å²) in [6, 6.07) is 9.44. The molecule has 1 amide bonds. The van der Waals surface area contributed by atoms with Gasteiger partial charge in [0.1, 0.15) is 4.60 Å². The molecule has 2 aromatic rings. The van der Waals surface area contributed by atoms with E-state index in [4.69, 9.17) is 5.11 Å². The fourth-order valence-electron chi connectivity index (χ4n) is 2.95. The van der Waals surface area contributed by atoms with Crippen molar-refractivity contribution in [1.29, 1.82) is 0 Å². The van der Waals surface area contributed by atoms with Crippen molar-refractivity contribution >= 4 is 33.9 Å². The van der Waals surface area contributed by atoms with Crippen LogP contribution in [0.15, 0.2) is 41.0 Å². The van der Waals surface area contributed by atoms with Gasteiger partial charge in [-0.15, -0.1) is 0 Å². The summed E-state index contributed by atoms with van der Waals surface area (Å²) in [5, 5.41) is 31.3. The maximum atomic E-state index is 12.7. The number of carboxylic acids is 1. The van der Waals surface area contributed by atoms with Gasteiger partial charge in [0.15, 0.2) is 0 Å². The standard InChI is InChI=1S/C21H26BrN3O5.Na.H/c1-13(2)25-17(9-8-15(26)10-16(27)11-18(28)29)19(22)24-20(25)21(30)23-12-14-6-4-3-5-7-14;;/h3-9,13,15-16,26-27H,10-12H2,1-2H3,(H,23,30)(H,28,29);;/q;+1;-1/b9-8+;;/t15-,16-;;/m1../s1. The van der Waals surface area contributed by atoms with E-state index in [1.54, 1.807) is 10.6 Å². The zero-order valence-electron chi connectivity index (χ0n) is 18.8. The van der Waals surface area contributed by atoms with Crippen LogP contribution in [-0.4, -0.2) is 49.0 Å². The molecule has 1 heterocycles. The van der Waals surface area contributed by atoms with E-state index in [1.165, 1.54) is 6.08 Å². The molecule has 0 bridgehead atoms. The number of aliphatic carboxylic acids is 1. The largest absolute Gasteiger partial charge is 1.00 e. The van der Waals surface area contributed by atoms with Crippen molar-refractivity contribution in [3.05, 3.63) is 58.1 Å². The van der Waals surface area contributed by atoms with Gasteiger partial charge in [-0.2, -0.15) is 0 Å². The number of amides is 1. The van der Waals surface area contributed by atoms with Crippen molar-refractivity contribution in [2.45, 2.75) is 51.5 Å². The van der Waals surface area contributed by atoms with Crippen molar-refractivity contribution in [3.8, 4) is 0 Å². The molecule has 0 aliphatic heterocycles. The van der Waals surface area contributed by atoms with E-state index in [9.17, 15) is 19.8 Å². The van der Waals surface area contributed by atoms with Crippen LogP contribution in [0.3, 0.4) is 0 Å². The first kappa shape index (κ1) is 27.5. The number of aromatic nitrogens is 2. The van der Waals surface area contributed by atoms with Crippen LogP contribution < -0.4 is 34.9 Å². The first-order chi connectivity index (χ1) is 14.2. The summed E-state index contributed by atoms with van der Waals surface area (Å²) in [5.74, 6) is -1.23. The maximum absolute atomic E-state index is 12.7. The molecule has 164 valence electrons. The third-order valence-electron chi connectivity index (χ3n) is 4.32. The number of halogens is 1. The number of hydrogen-bond donors (Lipinski definition) is 4. The van der Waals surface area contributed by atoms with Crippen molar-refractivity contribution in [2.75, 3.05) is 0 Å². The second-order valence-electron chi connectivity index (χ2n) is 7.16. The zero-order chi connectivity index (χ0) is 22.3. The SMILES string of the molecule is CC(C)n1c(C(=O)NCc2ccccc2)nc(Br)c1/C=C/[C@@H](O)C[C@@H](O)CC(=O)O.[H-].[Na+]. The van der Waals surface area contributed by atoms with Gasteiger partial charge in [-0.25, -0.2) is 4.98 Å². The molecule has 1 aromatic heterocycles. The van der Waals surface area contributed by atoms with Crippen LogP contribution in [0.25, 0.3) is 6.08 Å². The predicted molar refractivity (Wildman–Crippen MR) is 117 cm³/mol. The number of carboxylic acid groups (broad SMARTS) is 1.